The first-order valence-corrected chi connectivity index (χ1v) is 29.5. The van der Waals surface area contributed by atoms with E-state index in [1.807, 2.05) is 0 Å². The van der Waals surface area contributed by atoms with Crippen molar-refractivity contribution < 1.29 is 0 Å². The molecule has 3 unspecified atom stereocenters. The number of fused-ring (bicyclic) bond motifs is 7. The minimum absolute atomic E-state index is 0.0855. The first-order valence-electron chi connectivity index (χ1n) is 29.5. The molecule has 0 radical (unpaired) electrons. The smallest absolute Gasteiger partial charge is 0.0931 e. The van der Waals surface area contributed by atoms with Crippen LogP contribution >= 0.6 is 0 Å². The van der Waals surface area contributed by atoms with E-state index in [1.54, 1.807) is 0 Å². The Balaban J connectivity index is 0.659. The Morgan fingerprint density at radius 3 is 1.62 bits per heavy atom. The van der Waals surface area contributed by atoms with E-state index in [-0.39, 0.29) is 17.9 Å². The molecule has 4 heteroatoms. The molecule has 0 saturated carbocycles. The van der Waals surface area contributed by atoms with Gasteiger partial charge >= 0.3 is 0 Å². The van der Waals surface area contributed by atoms with E-state index in [1.165, 1.54) is 99.6 Å². The number of benzene rings is 10. The average Bonchev–Trinajstić information content (AvgIpc) is 4.29. The molecule has 3 heterocycles. The van der Waals surface area contributed by atoms with E-state index >= 15 is 0 Å². The van der Waals surface area contributed by atoms with Crippen LogP contribution in [-0.4, -0.2) is 19.1 Å². The zero-order valence-electron chi connectivity index (χ0n) is 46.4. The molecular formula is C80H58N4. The van der Waals surface area contributed by atoms with Gasteiger partial charge in [-0.15, -0.1) is 0 Å². The maximum absolute atomic E-state index is 5.40. The molecule has 0 aliphatic heterocycles. The van der Waals surface area contributed by atoms with Crippen LogP contribution < -0.4 is 0 Å². The zero-order valence-corrected chi connectivity index (χ0v) is 46.4. The molecule has 3 aliphatic carbocycles. The topological polar surface area (TPSA) is 35.6 Å². The van der Waals surface area contributed by atoms with Gasteiger partial charge in [0.25, 0.3) is 0 Å². The lowest BCUT2D eigenvalue weighted by atomic mass is 9.81. The second-order valence-corrected chi connectivity index (χ2v) is 22.6. The van der Waals surface area contributed by atoms with Crippen LogP contribution in [0.15, 0.2) is 297 Å². The van der Waals surface area contributed by atoms with Gasteiger partial charge in [0, 0.05) is 50.5 Å². The molecule has 0 bridgehead atoms. The van der Waals surface area contributed by atoms with Gasteiger partial charge in [0.2, 0.25) is 0 Å². The number of rotatable bonds is 10. The van der Waals surface area contributed by atoms with Crippen LogP contribution in [0.3, 0.4) is 0 Å². The number of hydrogen-bond acceptors (Lipinski definition) is 2. The lowest BCUT2D eigenvalue weighted by molar-refractivity contribution is 0.618. The molecule has 84 heavy (non-hydrogen) atoms. The highest BCUT2D eigenvalue weighted by molar-refractivity contribution is 6.10. The Morgan fingerprint density at radius 2 is 0.929 bits per heavy atom. The monoisotopic (exact) mass is 1070 g/mol. The quantitative estimate of drug-likeness (QED) is 0.137. The first kappa shape index (κ1) is 49.4. The molecule has 0 spiro atoms. The van der Waals surface area contributed by atoms with Gasteiger partial charge in [0.05, 0.1) is 39.5 Å². The summed E-state index contributed by atoms with van der Waals surface area (Å²) >= 11 is 0. The van der Waals surface area contributed by atoms with Crippen molar-refractivity contribution >= 4 is 55.4 Å². The number of para-hydroxylation sites is 4. The van der Waals surface area contributed by atoms with Crippen molar-refractivity contribution in [3.8, 4) is 61.5 Å². The van der Waals surface area contributed by atoms with Gasteiger partial charge in [0.1, 0.15) is 0 Å². The number of hydrogen-bond donors (Lipinski definition) is 0. The van der Waals surface area contributed by atoms with Crippen molar-refractivity contribution in [2.24, 2.45) is 5.92 Å². The molecule has 0 amide bonds. The summed E-state index contributed by atoms with van der Waals surface area (Å²) < 4.78 is 4.99. The second kappa shape index (κ2) is 20.8. The minimum atomic E-state index is 0.0855. The average molecular weight is 1080 g/mol. The largest absolute Gasteiger partial charge is 0.333 e. The molecule has 3 aromatic heterocycles. The van der Waals surface area contributed by atoms with E-state index in [2.05, 4.69) is 306 Å². The summed E-state index contributed by atoms with van der Waals surface area (Å²) in [5.74, 6) is 0.366. The van der Waals surface area contributed by atoms with Crippen LogP contribution in [0.5, 0.6) is 0 Å². The fourth-order valence-electron chi connectivity index (χ4n) is 13.7. The highest BCUT2D eigenvalue weighted by Crippen LogP contribution is 2.44. The highest BCUT2D eigenvalue weighted by Gasteiger charge is 2.29. The predicted molar refractivity (Wildman–Crippen MR) is 351 cm³/mol. The molecule has 0 N–H and O–H groups in total. The molecule has 13 aromatic rings. The van der Waals surface area contributed by atoms with Crippen LogP contribution in [-0.2, 0) is 6.42 Å². The van der Waals surface area contributed by atoms with Gasteiger partial charge in [0.15, 0.2) is 0 Å². The molecule has 3 aliphatic rings. The van der Waals surface area contributed by atoms with Crippen LogP contribution in [0.25, 0.3) is 117 Å². The van der Waals surface area contributed by atoms with Crippen molar-refractivity contribution in [3.05, 3.63) is 319 Å². The van der Waals surface area contributed by atoms with Crippen LogP contribution in [0.1, 0.15) is 47.3 Å². The zero-order chi connectivity index (χ0) is 55.5. The Hall–Kier alpha value is -10.4. The Bertz CT molecular complexity index is 4850. The van der Waals surface area contributed by atoms with Gasteiger partial charge in [-0.1, -0.05) is 243 Å². The molecule has 0 saturated heterocycles. The summed E-state index contributed by atoms with van der Waals surface area (Å²) in [5.41, 5.74) is 26.1. The molecule has 4 nitrogen and oxygen atoms in total. The van der Waals surface area contributed by atoms with Crippen molar-refractivity contribution in [1.82, 2.24) is 19.1 Å². The predicted octanol–water partition coefficient (Wildman–Crippen LogP) is 20.5. The van der Waals surface area contributed by atoms with Crippen LogP contribution in [0.2, 0.25) is 0 Å². The van der Waals surface area contributed by atoms with Crippen LogP contribution in [0, 0.1) is 5.92 Å². The third-order valence-corrected chi connectivity index (χ3v) is 17.8. The van der Waals surface area contributed by atoms with E-state index in [9.17, 15) is 0 Å². The van der Waals surface area contributed by atoms with Crippen molar-refractivity contribution in [1.29, 1.82) is 0 Å². The van der Waals surface area contributed by atoms with Crippen molar-refractivity contribution in [3.63, 3.8) is 0 Å². The van der Waals surface area contributed by atoms with E-state index in [0.717, 1.165) is 58.5 Å². The first-order chi connectivity index (χ1) is 41.6. The van der Waals surface area contributed by atoms with Crippen LogP contribution in [0.4, 0.5) is 0 Å². The van der Waals surface area contributed by atoms with Gasteiger partial charge < -0.3 is 9.13 Å². The van der Waals surface area contributed by atoms with Crippen molar-refractivity contribution in [2.45, 2.75) is 31.2 Å². The fourth-order valence-corrected chi connectivity index (χ4v) is 13.7. The maximum atomic E-state index is 5.40. The van der Waals surface area contributed by atoms with Gasteiger partial charge in [-0.25, -0.2) is 9.97 Å². The van der Waals surface area contributed by atoms with Crippen molar-refractivity contribution in [2.75, 3.05) is 0 Å². The number of aromatic nitrogens is 4. The van der Waals surface area contributed by atoms with Gasteiger partial charge in [-0.05, 0) is 141 Å². The molecule has 10 aromatic carbocycles. The highest BCUT2D eigenvalue weighted by atomic mass is 15.0. The Morgan fingerprint density at radius 1 is 0.369 bits per heavy atom. The number of nitrogens with zero attached hydrogens (tertiary/aromatic N) is 4. The lowest BCUT2D eigenvalue weighted by Gasteiger charge is -2.26. The minimum Gasteiger partial charge on any atom is -0.333 e. The molecule has 0 fully saturated rings. The van der Waals surface area contributed by atoms with Gasteiger partial charge in [-0.2, -0.15) is 0 Å². The fraction of sp³-hybridized carbons (Fsp3) is 0.0750. The summed E-state index contributed by atoms with van der Waals surface area (Å²) in [6, 6.07) is 90.1. The van der Waals surface area contributed by atoms with E-state index < -0.39 is 0 Å². The second-order valence-electron chi connectivity index (χ2n) is 22.6. The lowest BCUT2D eigenvalue weighted by Crippen LogP contribution is -2.15. The molecule has 398 valence electrons. The third kappa shape index (κ3) is 8.69. The standard InChI is InChI=1S/C80H58N4/c1-3-17-55(18-4-1)65-21-7-9-23-67(65)57-39-45-63(46-40-57)83-75-29-15-11-25-69(75)71-51-61(43-49-77(71)83)53-31-35-59(36-32-53)79-80(82-74-28-14-13-27-73(74)81-79)60-37-33-54(34-38-60)62-44-50-78-72(52-62)70-26-12-16-30-76(70)84(78)64-47-41-58(42-48-64)68-24-10-8-22-66(68)56-19-5-2-6-20-56/h1-37,39-47,49-51,60,62,64H,38,48,52H2. The van der Waals surface area contributed by atoms with E-state index in [4.69, 9.17) is 9.97 Å². The third-order valence-electron chi connectivity index (χ3n) is 17.8. The Labute approximate surface area is 489 Å². The van der Waals surface area contributed by atoms with E-state index in [0.29, 0.717) is 0 Å². The molecular weight excluding hydrogens is 1020 g/mol. The summed E-state index contributed by atoms with van der Waals surface area (Å²) in [6.07, 6.45) is 22.0. The summed E-state index contributed by atoms with van der Waals surface area (Å²) in [6.45, 7) is 0. The maximum Gasteiger partial charge on any atom is 0.0931 e. The Kier molecular flexibility index (Phi) is 12.3. The summed E-state index contributed by atoms with van der Waals surface area (Å²) in [4.78, 5) is 10.8. The summed E-state index contributed by atoms with van der Waals surface area (Å²) in [7, 11) is 0. The SMILES string of the molecule is C1=CC(n2c3c(c4ccccc42)CC(C2=CCC(c4nc5ccccc5nc4-c4ccc(-c5ccc6c(c5)c5ccccc5n6-c5ccc(-c6ccccc6-c6ccccc6)cc5)cc4)C=C2)C=C3)CC=C1c1ccccc1-c1ccccc1. The normalized spacial score (nSPS) is 16.5. The summed E-state index contributed by atoms with van der Waals surface area (Å²) in [5, 5.41) is 3.81. The number of allylic oxidation sites excluding steroid dienone is 9. The molecule has 16 rings (SSSR count). The van der Waals surface area contributed by atoms with Gasteiger partial charge in [-0.3, -0.25) is 0 Å². The molecule has 3 atom stereocenters.